The molecule has 2 amide bonds. The molecule has 0 spiro atoms. The van der Waals surface area contributed by atoms with E-state index < -0.39 is 17.6 Å². The standard InChI is InChI=1S/C39H43F3N6O2/c1-45(36-16-11-33(28-43-36)44-38(50)31-7-9-32(10-8-31)39(40,41)42)34-12-14-35(15-13-34)47-21-18-30(19-22-47)27-37(49)48-25-23-46(24-26-48)20-17-29-5-3-2-4-6-29/h2-16,28,30H,17-27H2,1H3,(H,44,50). The number of carbonyl (C=O) groups is 2. The molecule has 0 bridgehead atoms. The first-order chi connectivity index (χ1) is 24.1. The number of hydrogen-bond donors (Lipinski definition) is 1. The highest BCUT2D eigenvalue weighted by molar-refractivity contribution is 6.04. The summed E-state index contributed by atoms with van der Waals surface area (Å²) in [5.41, 5.74) is 3.20. The molecular weight excluding hydrogens is 641 g/mol. The lowest BCUT2D eigenvalue weighted by Crippen LogP contribution is -2.49. The van der Waals surface area contributed by atoms with Crippen LogP contribution in [0.3, 0.4) is 0 Å². The Morgan fingerprint density at radius 3 is 2.14 bits per heavy atom. The third kappa shape index (κ3) is 9.01. The van der Waals surface area contributed by atoms with Gasteiger partial charge in [-0.3, -0.25) is 14.5 Å². The van der Waals surface area contributed by atoms with Crippen molar-refractivity contribution in [3.8, 4) is 0 Å². The molecule has 1 N–H and O–H groups in total. The zero-order valence-electron chi connectivity index (χ0n) is 28.3. The predicted molar refractivity (Wildman–Crippen MR) is 191 cm³/mol. The van der Waals surface area contributed by atoms with Crippen LogP contribution in [-0.4, -0.2) is 79.5 Å². The van der Waals surface area contributed by atoms with Gasteiger partial charge >= 0.3 is 6.18 Å². The number of pyridine rings is 1. The van der Waals surface area contributed by atoms with Crippen LogP contribution in [0.2, 0.25) is 0 Å². The van der Waals surface area contributed by atoms with E-state index in [4.69, 9.17) is 0 Å². The number of nitrogens with one attached hydrogen (secondary N) is 1. The zero-order valence-corrected chi connectivity index (χ0v) is 28.3. The van der Waals surface area contributed by atoms with E-state index in [1.807, 2.05) is 30.1 Å². The Hall–Kier alpha value is -4.90. The number of carbonyl (C=O) groups excluding carboxylic acids is 2. The third-order valence-corrected chi connectivity index (χ3v) is 9.79. The van der Waals surface area contributed by atoms with Crippen molar-refractivity contribution >= 4 is 34.7 Å². The second kappa shape index (κ2) is 15.8. The number of nitrogens with zero attached hydrogens (tertiary/aromatic N) is 5. The Balaban J connectivity index is 0.924. The van der Waals surface area contributed by atoms with Crippen LogP contribution in [-0.2, 0) is 17.4 Å². The first-order valence-electron chi connectivity index (χ1n) is 17.2. The van der Waals surface area contributed by atoms with Crippen molar-refractivity contribution in [1.82, 2.24) is 14.8 Å². The molecule has 1 aromatic heterocycles. The lowest BCUT2D eigenvalue weighted by molar-refractivity contribution is -0.137. The van der Waals surface area contributed by atoms with Gasteiger partial charge in [0.2, 0.25) is 5.91 Å². The molecule has 6 rings (SSSR count). The van der Waals surface area contributed by atoms with E-state index in [0.29, 0.717) is 29.8 Å². The number of rotatable bonds is 10. The maximum absolute atomic E-state index is 13.1. The van der Waals surface area contributed by atoms with E-state index in [-0.39, 0.29) is 5.56 Å². The Morgan fingerprint density at radius 1 is 0.840 bits per heavy atom. The summed E-state index contributed by atoms with van der Waals surface area (Å²) >= 11 is 0. The molecule has 2 aliphatic rings. The topological polar surface area (TPSA) is 72.0 Å². The van der Waals surface area contributed by atoms with E-state index in [0.717, 1.165) is 101 Å². The normalized spacial score (nSPS) is 15.9. The second-order valence-electron chi connectivity index (χ2n) is 13.1. The fraction of sp³-hybridized carbons (Fsp3) is 0.359. The molecule has 11 heteroatoms. The summed E-state index contributed by atoms with van der Waals surface area (Å²) in [6, 6.07) is 26.4. The quantitative estimate of drug-likeness (QED) is 0.192. The Labute approximate surface area is 291 Å². The van der Waals surface area contributed by atoms with Gasteiger partial charge in [0.15, 0.2) is 0 Å². The van der Waals surface area contributed by atoms with Crippen LogP contribution in [0.25, 0.3) is 0 Å². The lowest BCUT2D eigenvalue weighted by atomic mass is 9.92. The number of hydrogen-bond acceptors (Lipinski definition) is 6. The SMILES string of the molecule is CN(c1ccc(N2CCC(CC(=O)N3CCN(CCc4ccccc4)CC3)CC2)cc1)c1ccc(NC(=O)c2ccc(C(F)(F)F)cc2)cn1. The van der Waals surface area contributed by atoms with E-state index in [2.05, 4.69) is 61.4 Å². The minimum absolute atomic E-state index is 0.122. The van der Waals surface area contributed by atoms with Crippen molar-refractivity contribution in [2.24, 2.45) is 5.92 Å². The highest BCUT2D eigenvalue weighted by Crippen LogP contribution is 2.31. The van der Waals surface area contributed by atoms with Crippen molar-refractivity contribution in [2.75, 3.05) is 68.0 Å². The Morgan fingerprint density at radius 2 is 1.52 bits per heavy atom. The van der Waals surface area contributed by atoms with Crippen LogP contribution in [0.15, 0.2) is 97.2 Å². The van der Waals surface area contributed by atoms with E-state index in [1.54, 1.807) is 12.1 Å². The molecule has 0 atom stereocenters. The van der Waals surface area contributed by atoms with E-state index >= 15 is 0 Å². The summed E-state index contributed by atoms with van der Waals surface area (Å²) in [7, 11) is 1.91. The predicted octanol–water partition coefficient (Wildman–Crippen LogP) is 7.11. The van der Waals surface area contributed by atoms with E-state index in [9.17, 15) is 22.8 Å². The van der Waals surface area contributed by atoms with Crippen molar-refractivity contribution in [2.45, 2.75) is 31.9 Å². The largest absolute Gasteiger partial charge is 0.416 e. The van der Waals surface area contributed by atoms with Gasteiger partial charge < -0.3 is 20.0 Å². The number of piperidine rings is 1. The van der Waals surface area contributed by atoms with Crippen LogP contribution in [0.4, 0.5) is 36.1 Å². The molecule has 2 saturated heterocycles. The second-order valence-corrected chi connectivity index (χ2v) is 13.1. The first-order valence-corrected chi connectivity index (χ1v) is 17.2. The lowest BCUT2D eigenvalue weighted by Gasteiger charge is -2.37. The van der Waals surface area contributed by atoms with Crippen LogP contribution in [0, 0.1) is 5.92 Å². The molecule has 0 unspecified atom stereocenters. The van der Waals surface area contributed by atoms with Crippen LogP contribution in [0.1, 0.15) is 40.7 Å². The summed E-state index contributed by atoms with van der Waals surface area (Å²) in [4.78, 5) is 38.9. The molecule has 2 fully saturated rings. The van der Waals surface area contributed by atoms with E-state index in [1.165, 1.54) is 11.8 Å². The highest BCUT2D eigenvalue weighted by atomic mass is 19.4. The van der Waals surface area contributed by atoms with Crippen LogP contribution in [0.5, 0.6) is 0 Å². The van der Waals surface area contributed by atoms with Gasteiger partial charge in [-0.1, -0.05) is 30.3 Å². The number of benzene rings is 3. The average molecular weight is 685 g/mol. The Bertz CT molecular complexity index is 1700. The van der Waals surface area contributed by atoms with Crippen molar-refractivity contribution in [3.63, 3.8) is 0 Å². The molecule has 4 aromatic rings. The highest BCUT2D eigenvalue weighted by Gasteiger charge is 2.30. The number of amides is 2. The van der Waals surface area contributed by atoms with Gasteiger partial charge in [0.25, 0.3) is 5.91 Å². The molecule has 50 heavy (non-hydrogen) atoms. The smallest absolute Gasteiger partial charge is 0.372 e. The number of halogens is 3. The number of alkyl halides is 3. The van der Waals surface area contributed by atoms with Gasteiger partial charge in [-0.05, 0) is 91.4 Å². The molecule has 0 saturated carbocycles. The average Bonchev–Trinajstić information content (AvgIpc) is 3.15. The van der Waals surface area contributed by atoms with Gasteiger partial charge in [-0.2, -0.15) is 13.2 Å². The van der Waals surface area contributed by atoms with Gasteiger partial charge in [-0.15, -0.1) is 0 Å². The molecule has 3 heterocycles. The monoisotopic (exact) mass is 684 g/mol. The third-order valence-electron chi connectivity index (χ3n) is 9.79. The summed E-state index contributed by atoms with van der Waals surface area (Å²) < 4.78 is 38.5. The Kier molecular flexibility index (Phi) is 11.0. The minimum atomic E-state index is -4.46. The maximum atomic E-state index is 13.1. The van der Waals surface area contributed by atoms with Crippen molar-refractivity contribution in [3.05, 3.63) is 114 Å². The first kappa shape index (κ1) is 34.9. The number of piperazine rings is 1. The fourth-order valence-corrected chi connectivity index (χ4v) is 6.62. The van der Waals surface area contributed by atoms with Gasteiger partial charge in [0.05, 0.1) is 17.4 Å². The molecule has 2 aliphatic heterocycles. The molecule has 8 nitrogen and oxygen atoms in total. The maximum Gasteiger partial charge on any atom is 0.416 e. The number of anilines is 4. The van der Waals surface area contributed by atoms with Gasteiger partial charge in [-0.25, -0.2) is 4.98 Å². The molecule has 262 valence electrons. The molecular formula is C39H43F3N6O2. The van der Waals surface area contributed by atoms with Crippen LogP contribution < -0.4 is 15.1 Å². The molecule has 0 aliphatic carbocycles. The van der Waals surface area contributed by atoms with Crippen molar-refractivity contribution in [1.29, 1.82) is 0 Å². The number of aromatic nitrogens is 1. The minimum Gasteiger partial charge on any atom is -0.372 e. The zero-order chi connectivity index (χ0) is 35.1. The summed E-state index contributed by atoms with van der Waals surface area (Å²) in [6.07, 6.45) is 0.727. The van der Waals surface area contributed by atoms with Crippen molar-refractivity contribution < 1.29 is 22.8 Å². The summed E-state index contributed by atoms with van der Waals surface area (Å²) in [5.74, 6) is 0.858. The van der Waals surface area contributed by atoms with Crippen LogP contribution >= 0.6 is 0 Å². The summed E-state index contributed by atoms with van der Waals surface area (Å²) in [5, 5.41) is 2.68. The molecule has 3 aromatic carbocycles. The molecule has 0 radical (unpaired) electrons. The van der Waals surface area contributed by atoms with Gasteiger partial charge in [0, 0.05) is 76.2 Å². The summed E-state index contributed by atoms with van der Waals surface area (Å²) in [6.45, 7) is 6.38. The fourth-order valence-electron chi connectivity index (χ4n) is 6.62. The van der Waals surface area contributed by atoms with Gasteiger partial charge in [0.1, 0.15) is 5.82 Å².